The minimum atomic E-state index is -0.0147. The number of amides is 1. The molecule has 0 bridgehead atoms. The molecule has 2 aliphatic heterocycles. The minimum Gasteiger partial charge on any atom is -0.329 e. The highest BCUT2D eigenvalue weighted by Crippen LogP contribution is 2.10. The second-order valence-electron chi connectivity index (χ2n) is 3.09. The zero-order valence-corrected chi connectivity index (χ0v) is 7.76. The molecule has 0 atom stereocenters. The Morgan fingerprint density at radius 1 is 1.50 bits per heavy atom. The van der Waals surface area contributed by atoms with Crippen LogP contribution in [0.15, 0.2) is 29.5 Å². The zero-order valence-electron chi connectivity index (χ0n) is 7.76. The van der Waals surface area contributed by atoms with Crippen LogP contribution in [0.5, 0.6) is 0 Å². The van der Waals surface area contributed by atoms with Gasteiger partial charge in [-0.25, -0.2) is 5.01 Å². The zero-order chi connectivity index (χ0) is 9.97. The third-order valence-electron chi connectivity index (χ3n) is 2.07. The summed E-state index contributed by atoms with van der Waals surface area (Å²) in [6.07, 6.45) is 7.49. The van der Waals surface area contributed by atoms with Crippen molar-refractivity contribution in [2.45, 2.75) is 0 Å². The second-order valence-corrected chi connectivity index (χ2v) is 3.09. The highest BCUT2D eigenvalue weighted by atomic mass is 16.2. The topological polar surface area (TPSA) is 61.9 Å². The van der Waals surface area contributed by atoms with Crippen molar-refractivity contribution in [2.24, 2.45) is 10.8 Å². The Kier molecular flexibility index (Phi) is 2.32. The van der Waals surface area contributed by atoms with E-state index < -0.39 is 0 Å². The molecule has 0 spiro atoms. The Labute approximate surface area is 82.2 Å². The quantitative estimate of drug-likeness (QED) is 0.640. The Bertz CT molecular complexity index is 332. The van der Waals surface area contributed by atoms with Crippen LogP contribution in [0.25, 0.3) is 0 Å². The average Bonchev–Trinajstić information content (AvgIpc) is 2.19. The van der Waals surface area contributed by atoms with Gasteiger partial charge in [0.25, 0.3) is 5.91 Å². The van der Waals surface area contributed by atoms with Gasteiger partial charge in [-0.3, -0.25) is 4.79 Å². The van der Waals surface area contributed by atoms with E-state index in [0.717, 1.165) is 5.84 Å². The van der Waals surface area contributed by atoms with E-state index in [1.807, 2.05) is 29.3 Å². The molecule has 5 heteroatoms. The van der Waals surface area contributed by atoms with Crippen molar-refractivity contribution < 1.29 is 4.79 Å². The Morgan fingerprint density at radius 3 is 3.14 bits per heavy atom. The van der Waals surface area contributed by atoms with Crippen LogP contribution in [0.4, 0.5) is 0 Å². The molecule has 2 heterocycles. The smallest absolute Gasteiger partial charge is 0.262 e. The summed E-state index contributed by atoms with van der Waals surface area (Å²) in [4.78, 5) is 13.3. The van der Waals surface area contributed by atoms with E-state index in [9.17, 15) is 4.79 Å². The van der Waals surface area contributed by atoms with Crippen LogP contribution in [0.1, 0.15) is 0 Å². The summed E-state index contributed by atoms with van der Waals surface area (Å²) in [6.45, 7) is 1.26. The van der Waals surface area contributed by atoms with Crippen molar-refractivity contribution in [1.82, 2.24) is 9.91 Å². The first-order chi connectivity index (χ1) is 6.81. The highest BCUT2D eigenvalue weighted by Gasteiger charge is 2.23. The predicted molar refractivity (Wildman–Crippen MR) is 53.2 cm³/mol. The lowest BCUT2D eigenvalue weighted by Crippen LogP contribution is -2.46. The first-order valence-electron chi connectivity index (χ1n) is 4.52. The number of hydrogen-bond acceptors (Lipinski definition) is 4. The van der Waals surface area contributed by atoms with Gasteiger partial charge in [-0.1, -0.05) is 6.08 Å². The van der Waals surface area contributed by atoms with Gasteiger partial charge in [0.05, 0.1) is 6.54 Å². The van der Waals surface area contributed by atoms with Crippen molar-refractivity contribution in [3.8, 4) is 0 Å². The van der Waals surface area contributed by atoms with Gasteiger partial charge in [-0.2, -0.15) is 5.10 Å². The number of fused-ring (bicyclic) bond motifs is 1. The maximum atomic E-state index is 11.5. The molecule has 2 N–H and O–H groups in total. The van der Waals surface area contributed by atoms with Crippen molar-refractivity contribution in [1.29, 1.82) is 0 Å². The number of nitrogens with zero attached hydrogens (tertiary/aromatic N) is 3. The van der Waals surface area contributed by atoms with Gasteiger partial charge in [0.1, 0.15) is 6.54 Å². The van der Waals surface area contributed by atoms with E-state index in [-0.39, 0.29) is 5.91 Å². The van der Waals surface area contributed by atoms with E-state index in [1.54, 1.807) is 0 Å². The van der Waals surface area contributed by atoms with Crippen LogP contribution in [-0.2, 0) is 4.79 Å². The molecule has 0 radical (unpaired) electrons. The fourth-order valence-electron chi connectivity index (χ4n) is 1.40. The molecule has 5 nitrogen and oxygen atoms in total. The van der Waals surface area contributed by atoms with Gasteiger partial charge in [0.2, 0.25) is 0 Å². The number of amidine groups is 1. The number of carbonyl (C=O) groups is 1. The summed E-state index contributed by atoms with van der Waals surface area (Å²) in [5.74, 6) is 0.778. The fourth-order valence-corrected chi connectivity index (χ4v) is 1.40. The van der Waals surface area contributed by atoms with Gasteiger partial charge in [-0.05, 0) is 12.2 Å². The number of allylic oxidation sites excluding steroid dienone is 2. The molecule has 0 unspecified atom stereocenters. The molecule has 0 aromatic rings. The first-order valence-corrected chi connectivity index (χ1v) is 4.52. The van der Waals surface area contributed by atoms with Crippen molar-refractivity contribution in [2.75, 3.05) is 19.6 Å². The number of nitrogens with two attached hydrogens (primary N) is 1. The molecule has 0 saturated heterocycles. The Hall–Kier alpha value is -1.62. The molecule has 1 amide bonds. The molecule has 2 aliphatic rings. The number of hydrogen-bond donors (Lipinski definition) is 1. The molecule has 0 saturated carbocycles. The SMILES string of the molecule is NCCN1N=C2C=CC=CN2CC1=O. The van der Waals surface area contributed by atoms with Crippen LogP contribution in [0, 0.1) is 0 Å². The first kappa shape index (κ1) is 8.96. The molecule has 0 aromatic carbocycles. The van der Waals surface area contributed by atoms with E-state index in [4.69, 9.17) is 5.73 Å². The minimum absolute atomic E-state index is 0.0147. The van der Waals surface area contributed by atoms with Gasteiger partial charge in [0, 0.05) is 12.7 Å². The fraction of sp³-hybridized carbons (Fsp3) is 0.333. The van der Waals surface area contributed by atoms with Crippen molar-refractivity contribution in [3.05, 3.63) is 24.4 Å². The molecular weight excluding hydrogens is 180 g/mol. The molecule has 0 aliphatic carbocycles. The van der Waals surface area contributed by atoms with E-state index in [2.05, 4.69) is 5.10 Å². The molecule has 2 rings (SSSR count). The Morgan fingerprint density at radius 2 is 2.36 bits per heavy atom. The third kappa shape index (κ3) is 1.54. The summed E-state index contributed by atoms with van der Waals surface area (Å²) in [5.41, 5.74) is 5.38. The Balaban J connectivity index is 2.21. The average molecular weight is 192 g/mol. The maximum absolute atomic E-state index is 11.5. The lowest BCUT2D eigenvalue weighted by molar-refractivity contribution is -0.132. The van der Waals surface area contributed by atoms with Gasteiger partial charge >= 0.3 is 0 Å². The maximum Gasteiger partial charge on any atom is 0.262 e. The van der Waals surface area contributed by atoms with Crippen molar-refractivity contribution in [3.63, 3.8) is 0 Å². The molecule has 0 fully saturated rings. The molecule has 0 aromatic heterocycles. The lowest BCUT2D eigenvalue weighted by atomic mass is 10.3. The monoisotopic (exact) mass is 192 g/mol. The standard InChI is InChI=1S/C9H12N4O/c10-4-6-13-9(14)7-12-5-2-1-3-8(12)11-13/h1-3,5H,4,6-7,10H2. The lowest BCUT2D eigenvalue weighted by Gasteiger charge is -2.30. The summed E-state index contributed by atoms with van der Waals surface area (Å²) in [6, 6.07) is 0. The predicted octanol–water partition coefficient (Wildman–Crippen LogP) is -0.514. The summed E-state index contributed by atoms with van der Waals surface area (Å²) >= 11 is 0. The summed E-state index contributed by atoms with van der Waals surface area (Å²) in [5, 5.41) is 5.61. The van der Waals surface area contributed by atoms with Crippen LogP contribution < -0.4 is 5.73 Å². The van der Waals surface area contributed by atoms with Gasteiger partial charge in [0.15, 0.2) is 5.84 Å². The summed E-state index contributed by atoms with van der Waals surface area (Å²) < 4.78 is 0. The highest BCUT2D eigenvalue weighted by molar-refractivity contribution is 6.00. The van der Waals surface area contributed by atoms with Gasteiger partial charge < -0.3 is 10.6 Å². The van der Waals surface area contributed by atoms with E-state index in [1.165, 1.54) is 5.01 Å². The number of hydrazone groups is 1. The molecule has 14 heavy (non-hydrogen) atoms. The second kappa shape index (κ2) is 3.63. The number of rotatable bonds is 2. The molecular formula is C9H12N4O. The van der Waals surface area contributed by atoms with E-state index in [0.29, 0.717) is 19.6 Å². The van der Waals surface area contributed by atoms with Crippen LogP contribution in [0.3, 0.4) is 0 Å². The summed E-state index contributed by atoms with van der Waals surface area (Å²) in [7, 11) is 0. The normalized spacial score (nSPS) is 19.8. The van der Waals surface area contributed by atoms with Crippen molar-refractivity contribution >= 4 is 11.7 Å². The number of carbonyl (C=O) groups excluding carboxylic acids is 1. The van der Waals surface area contributed by atoms with Crippen LogP contribution in [-0.4, -0.2) is 41.3 Å². The van der Waals surface area contributed by atoms with E-state index >= 15 is 0 Å². The van der Waals surface area contributed by atoms with Crippen LogP contribution in [0.2, 0.25) is 0 Å². The largest absolute Gasteiger partial charge is 0.329 e. The van der Waals surface area contributed by atoms with Crippen LogP contribution >= 0.6 is 0 Å². The molecule has 74 valence electrons. The third-order valence-corrected chi connectivity index (χ3v) is 2.07. The van der Waals surface area contributed by atoms with Gasteiger partial charge in [-0.15, -0.1) is 0 Å².